The molecule has 1 aliphatic rings. The van der Waals surface area contributed by atoms with Crippen molar-refractivity contribution in [1.82, 2.24) is 4.98 Å². The van der Waals surface area contributed by atoms with E-state index in [2.05, 4.69) is 9.38 Å². The zero-order valence-electron chi connectivity index (χ0n) is 9.87. The number of aromatic nitrogens is 1. The van der Waals surface area contributed by atoms with Crippen LogP contribution in [0.3, 0.4) is 0 Å². The molecule has 0 saturated heterocycles. The van der Waals surface area contributed by atoms with Crippen molar-refractivity contribution in [3.8, 4) is 0 Å². The average molecular weight is 266 g/mol. The topological polar surface area (TPSA) is 76.5 Å². The number of carbonyl (C=O) groups excluding carboxylic acids is 1. The smallest absolute Gasteiger partial charge is 0.260 e. The molecule has 0 amide bonds. The molecule has 1 heterocycles. The first-order valence-corrected chi connectivity index (χ1v) is 7.32. The Morgan fingerprint density at radius 2 is 1.94 bits per heavy atom. The summed E-state index contributed by atoms with van der Waals surface area (Å²) in [6, 6.07) is 5.16. The Hall–Kier alpha value is -1.52. The van der Waals surface area contributed by atoms with Crippen LogP contribution in [-0.4, -0.2) is 19.5 Å². The molecule has 6 heteroatoms. The molecule has 0 spiro atoms. The predicted molar refractivity (Wildman–Crippen MR) is 66.0 cm³/mol. The number of hydrogen-bond acceptors (Lipinski definition) is 4. The Labute approximate surface area is 106 Å². The fraction of sp³-hybridized carbons (Fsp3) is 0.500. The monoisotopic (exact) mass is 266 g/mol. The molecule has 0 unspecified atom stereocenters. The maximum Gasteiger partial charge on any atom is 0.274 e. The fourth-order valence-electron chi connectivity index (χ4n) is 2.54. The van der Waals surface area contributed by atoms with E-state index >= 15 is 0 Å². The molecule has 0 N–H and O–H groups in total. The summed E-state index contributed by atoms with van der Waals surface area (Å²) in [4.78, 5) is 14.5. The van der Waals surface area contributed by atoms with E-state index in [-0.39, 0.29) is 0 Å². The van der Waals surface area contributed by atoms with Crippen LogP contribution in [0.15, 0.2) is 28.8 Å². The van der Waals surface area contributed by atoms with E-state index < -0.39 is 14.8 Å². The summed E-state index contributed by atoms with van der Waals surface area (Å²) < 4.78 is 26.4. The lowest BCUT2D eigenvalue weighted by atomic mass is 9.85. The Kier molecular flexibility index (Phi) is 3.59. The highest BCUT2D eigenvalue weighted by Gasteiger charge is 2.47. The maximum absolute atomic E-state index is 12.2. The highest BCUT2D eigenvalue weighted by Crippen LogP contribution is 2.43. The molecule has 18 heavy (non-hydrogen) atoms. The molecule has 0 bridgehead atoms. The van der Waals surface area contributed by atoms with Crippen LogP contribution < -0.4 is 0 Å². The van der Waals surface area contributed by atoms with Gasteiger partial charge in [-0.15, -0.1) is 0 Å². The van der Waals surface area contributed by atoms with Crippen LogP contribution >= 0.6 is 0 Å². The van der Waals surface area contributed by atoms with E-state index in [1.165, 1.54) is 0 Å². The molecule has 1 aromatic heterocycles. The van der Waals surface area contributed by atoms with Crippen LogP contribution in [-0.2, 0) is 19.6 Å². The number of rotatable bonds is 3. The average Bonchev–Trinajstić information content (AvgIpc) is 2.40. The quantitative estimate of drug-likeness (QED) is 0.618. The van der Waals surface area contributed by atoms with Crippen molar-refractivity contribution in [2.75, 3.05) is 0 Å². The van der Waals surface area contributed by atoms with Crippen molar-refractivity contribution in [2.45, 2.75) is 36.9 Å². The van der Waals surface area contributed by atoms with Gasteiger partial charge in [-0.25, -0.2) is 13.2 Å². The number of pyridine rings is 1. The van der Waals surface area contributed by atoms with Gasteiger partial charge in [0.15, 0.2) is 0 Å². The minimum atomic E-state index is -3.91. The van der Waals surface area contributed by atoms with Gasteiger partial charge in [0.1, 0.15) is 4.75 Å². The van der Waals surface area contributed by atoms with Gasteiger partial charge in [0.2, 0.25) is 0 Å². The molecule has 0 aromatic carbocycles. The summed E-state index contributed by atoms with van der Waals surface area (Å²) in [5.74, 6) is 0. The van der Waals surface area contributed by atoms with E-state index in [0.717, 1.165) is 25.3 Å². The summed E-state index contributed by atoms with van der Waals surface area (Å²) in [5.41, 5.74) is 0.476. The van der Waals surface area contributed by atoms with Gasteiger partial charge in [-0.1, -0.05) is 29.7 Å². The van der Waals surface area contributed by atoms with Gasteiger partial charge in [-0.05, 0) is 25.0 Å². The first-order valence-electron chi connectivity index (χ1n) is 5.88. The molecule has 1 aromatic rings. The summed E-state index contributed by atoms with van der Waals surface area (Å²) in [7, 11) is -3.91. The van der Waals surface area contributed by atoms with E-state index in [9.17, 15) is 13.2 Å². The van der Waals surface area contributed by atoms with Gasteiger partial charge in [-0.2, -0.15) is 0 Å². The van der Waals surface area contributed by atoms with Crippen LogP contribution in [0.1, 0.15) is 37.8 Å². The van der Waals surface area contributed by atoms with Crippen molar-refractivity contribution in [3.63, 3.8) is 0 Å². The van der Waals surface area contributed by atoms with E-state index in [0.29, 0.717) is 18.5 Å². The first-order chi connectivity index (χ1) is 8.62. The largest absolute Gasteiger partial charge is 0.274 e. The molecule has 2 rings (SSSR count). The Morgan fingerprint density at radius 1 is 1.22 bits per heavy atom. The first kappa shape index (κ1) is 12.9. The van der Waals surface area contributed by atoms with E-state index in [1.54, 1.807) is 24.4 Å². The highest BCUT2D eigenvalue weighted by molar-refractivity contribution is 7.91. The Balaban J connectivity index is 2.58. The minimum absolute atomic E-state index is 0.456. The second kappa shape index (κ2) is 5.00. The van der Waals surface area contributed by atoms with Crippen molar-refractivity contribution in [1.29, 1.82) is 0 Å². The van der Waals surface area contributed by atoms with Gasteiger partial charge in [0.25, 0.3) is 16.1 Å². The maximum atomic E-state index is 12.2. The predicted octanol–water partition coefficient (Wildman–Crippen LogP) is 1.91. The highest BCUT2D eigenvalue weighted by atomic mass is 32.2. The molecular formula is C12H14N2O3S. The number of sulfonamides is 1. The van der Waals surface area contributed by atoms with Gasteiger partial charge in [0.05, 0.1) is 5.69 Å². The minimum Gasteiger partial charge on any atom is -0.260 e. The summed E-state index contributed by atoms with van der Waals surface area (Å²) in [6.45, 7) is 0. The third-order valence-electron chi connectivity index (χ3n) is 3.44. The van der Waals surface area contributed by atoms with Gasteiger partial charge < -0.3 is 0 Å². The molecule has 1 saturated carbocycles. The third kappa shape index (κ3) is 2.09. The van der Waals surface area contributed by atoms with Crippen LogP contribution in [0.4, 0.5) is 0 Å². The van der Waals surface area contributed by atoms with Gasteiger partial charge in [0, 0.05) is 6.20 Å². The molecule has 0 aliphatic heterocycles. The molecule has 0 radical (unpaired) electrons. The van der Waals surface area contributed by atoms with Crippen LogP contribution in [0.2, 0.25) is 0 Å². The van der Waals surface area contributed by atoms with Crippen molar-refractivity contribution in [3.05, 3.63) is 30.1 Å². The van der Waals surface area contributed by atoms with Crippen molar-refractivity contribution in [2.24, 2.45) is 4.40 Å². The fourth-order valence-corrected chi connectivity index (χ4v) is 4.00. The zero-order chi connectivity index (χ0) is 13.1. The molecule has 0 atom stereocenters. The molecule has 5 nitrogen and oxygen atoms in total. The second-order valence-corrected chi connectivity index (χ2v) is 6.34. The van der Waals surface area contributed by atoms with Gasteiger partial charge >= 0.3 is 0 Å². The van der Waals surface area contributed by atoms with E-state index in [1.807, 2.05) is 0 Å². The van der Waals surface area contributed by atoms with Crippen LogP contribution in [0.5, 0.6) is 0 Å². The molecule has 96 valence electrons. The van der Waals surface area contributed by atoms with Crippen molar-refractivity contribution < 1.29 is 13.2 Å². The standard InChI is InChI=1S/C12H14N2O3S/c15-10-14-18(16,17)12(7-3-1-4-8-12)11-6-2-5-9-13-11/h2,5-6,9H,1,3-4,7-8H2. The number of nitrogens with zero attached hydrogens (tertiary/aromatic N) is 2. The molecule has 1 fully saturated rings. The summed E-state index contributed by atoms with van der Waals surface area (Å²) in [5, 5.41) is 0. The van der Waals surface area contributed by atoms with Gasteiger partial charge in [-0.3, -0.25) is 4.98 Å². The van der Waals surface area contributed by atoms with Crippen LogP contribution in [0, 0.1) is 0 Å². The zero-order valence-corrected chi connectivity index (χ0v) is 10.7. The lowest BCUT2D eigenvalue weighted by Gasteiger charge is -2.33. The van der Waals surface area contributed by atoms with Crippen LogP contribution in [0.25, 0.3) is 0 Å². The molecular weight excluding hydrogens is 252 g/mol. The summed E-state index contributed by atoms with van der Waals surface area (Å²) >= 11 is 0. The Morgan fingerprint density at radius 3 is 2.50 bits per heavy atom. The number of hydrogen-bond donors (Lipinski definition) is 0. The summed E-state index contributed by atoms with van der Waals surface area (Å²) in [6.07, 6.45) is 6.22. The van der Waals surface area contributed by atoms with Crippen molar-refractivity contribution >= 4 is 16.1 Å². The lowest BCUT2D eigenvalue weighted by molar-refractivity contribution is 0.374. The Bertz CT molecular complexity index is 556. The lowest BCUT2D eigenvalue weighted by Crippen LogP contribution is -2.37. The SMILES string of the molecule is O=C=NS(=O)(=O)C1(c2ccccn2)CCCCC1. The third-order valence-corrected chi connectivity index (χ3v) is 5.36. The number of isocyanates is 1. The van der Waals surface area contributed by atoms with E-state index in [4.69, 9.17) is 0 Å². The second-order valence-electron chi connectivity index (χ2n) is 4.43. The normalized spacial score (nSPS) is 18.9. The molecule has 1 aliphatic carbocycles.